The molecule has 0 radical (unpaired) electrons. The van der Waals surface area contributed by atoms with Gasteiger partial charge in [0.15, 0.2) is 11.5 Å². The van der Waals surface area contributed by atoms with Crippen molar-refractivity contribution in [2.45, 2.75) is 19.8 Å². The first kappa shape index (κ1) is 15.6. The van der Waals surface area contributed by atoms with Gasteiger partial charge in [-0.15, -0.1) is 0 Å². The van der Waals surface area contributed by atoms with Gasteiger partial charge in [-0.1, -0.05) is 0 Å². The Hall–Kier alpha value is -1.75. The van der Waals surface area contributed by atoms with Crippen LogP contribution >= 0.6 is 0 Å². The number of rotatable bonds is 5. The largest absolute Gasteiger partial charge is 0.493 e. The summed E-state index contributed by atoms with van der Waals surface area (Å²) in [4.78, 5) is 14.4. The molecule has 0 saturated carbocycles. The van der Waals surface area contributed by atoms with E-state index in [1.807, 2.05) is 6.92 Å². The molecule has 1 atom stereocenters. The monoisotopic (exact) mass is 293 g/mol. The van der Waals surface area contributed by atoms with E-state index >= 15 is 0 Å². The van der Waals surface area contributed by atoms with Gasteiger partial charge >= 0.3 is 0 Å². The Morgan fingerprint density at radius 2 is 2.24 bits per heavy atom. The van der Waals surface area contributed by atoms with Crippen LogP contribution in [0.5, 0.6) is 11.5 Å². The van der Waals surface area contributed by atoms with E-state index in [4.69, 9.17) is 9.47 Å². The van der Waals surface area contributed by atoms with Crippen molar-refractivity contribution in [2.75, 3.05) is 33.4 Å². The molecule has 116 valence electrons. The van der Waals surface area contributed by atoms with Crippen LogP contribution in [0.3, 0.4) is 0 Å². The highest BCUT2D eigenvalue weighted by Crippen LogP contribution is 2.29. The number of benzene rings is 1. The summed E-state index contributed by atoms with van der Waals surface area (Å²) in [5.41, 5.74) is 0.592. The third-order valence-electron chi connectivity index (χ3n) is 3.77. The zero-order chi connectivity index (χ0) is 15.2. The first-order chi connectivity index (χ1) is 10.2. The van der Waals surface area contributed by atoms with E-state index in [1.54, 1.807) is 30.2 Å². The molecule has 0 spiro atoms. The molecule has 1 aliphatic heterocycles. The van der Waals surface area contributed by atoms with Gasteiger partial charge in [0.25, 0.3) is 5.91 Å². The van der Waals surface area contributed by atoms with Crippen molar-refractivity contribution in [2.24, 2.45) is 5.92 Å². The number of methoxy groups -OCH3 is 1. The number of aliphatic hydroxyl groups is 1. The van der Waals surface area contributed by atoms with Crippen LogP contribution in [0.2, 0.25) is 0 Å². The summed E-state index contributed by atoms with van der Waals surface area (Å²) in [6, 6.07) is 5.25. The second kappa shape index (κ2) is 7.31. The standard InChI is InChI=1S/C16H23NO4/c1-3-21-14-7-6-13(9-15(14)20-2)16(19)17-8-4-5-12(10-17)11-18/h6-7,9,12,18H,3-5,8,10-11H2,1-2H3. The average Bonchev–Trinajstić information content (AvgIpc) is 2.54. The normalized spacial score (nSPS) is 18.4. The zero-order valence-electron chi connectivity index (χ0n) is 12.7. The van der Waals surface area contributed by atoms with E-state index in [9.17, 15) is 9.90 Å². The summed E-state index contributed by atoms with van der Waals surface area (Å²) in [5, 5.41) is 9.26. The number of aliphatic hydroxyl groups excluding tert-OH is 1. The van der Waals surface area contributed by atoms with Crippen LogP contribution in [0.1, 0.15) is 30.1 Å². The lowest BCUT2D eigenvalue weighted by Crippen LogP contribution is -2.40. The van der Waals surface area contributed by atoms with E-state index in [1.165, 1.54) is 0 Å². The predicted octanol–water partition coefficient (Wildman–Crippen LogP) is 1.94. The first-order valence-corrected chi connectivity index (χ1v) is 7.40. The minimum absolute atomic E-state index is 0.0190. The van der Waals surface area contributed by atoms with Crippen molar-refractivity contribution in [3.05, 3.63) is 23.8 Å². The second-order valence-corrected chi connectivity index (χ2v) is 5.24. The molecule has 1 N–H and O–H groups in total. The number of carbonyl (C=O) groups excluding carboxylic acids is 1. The van der Waals surface area contributed by atoms with E-state index in [-0.39, 0.29) is 18.4 Å². The summed E-state index contributed by atoms with van der Waals surface area (Å²) in [6.07, 6.45) is 1.91. The Kier molecular flexibility index (Phi) is 5.44. The van der Waals surface area contributed by atoms with Gasteiger partial charge in [-0.3, -0.25) is 4.79 Å². The maximum Gasteiger partial charge on any atom is 0.254 e. The number of nitrogens with zero attached hydrogens (tertiary/aromatic N) is 1. The summed E-state index contributed by atoms with van der Waals surface area (Å²) < 4.78 is 10.7. The van der Waals surface area contributed by atoms with Gasteiger partial charge in [0.2, 0.25) is 0 Å². The van der Waals surface area contributed by atoms with Crippen molar-refractivity contribution in [3.63, 3.8) is 0 Å². The highest BCUT2D eigenvalue weighted by Gasteiger charge is 2.24. The van der Waals surface area contributed by atoms with Crippen LogP contribution in [0.4, 0.5) is 0 Å². The summed E-state index contributed by atoms with van der Waals surface area (Å²) >= 11 is 0. The van der Waals surface area contributed by atoms with E-state index in [0.29, 0.717) is 30.2 Å². The SMILES string of the molecule is CCOc1ccc(C(=O)N2CCCC(CO)C2)cc1OC. The molecule has 1 saturated heterocycles. The molecular weight excluding hydrogens is 270 g/mol. The molecule has 1 fully saturated rings. The van der Waals surface area contributed by atoms with Crippen LogP contribution in [0.25, 0.3) is 0 Å². The highest BCUT2D eigenvalue weighted by molar-refractivity contribution is 5.95. The lowest BCUT2D eigenvalue weighted by atomic mass is 9.98. The van der Waals surface area contributed by atoms with Crippen LogP contribution in [0.15, 0.2) is 18.2 Å². The van der Waals surface area contributed by atoms with Crippen LogP contribution in [-0.4, -0.2) is 49.3 Å². The topological polar surface area (TPSA) is 59.0 Å². The summed E-state index contributed by atoms with van der Waals surface area (Å²) in [6.45, 7) is 3.95. The molecule has 1 aliphatic rings. The average molecular weight is 293 g/mol. The molecule has 1 aromatic carbocycles. The highest BCUT2D eigenvalue weighted by atomic mass is 16.5. The Morgan fingerprint density at radius 3 is 2.90 bits per heavy atom. The number of likely N-dealkylation sites (tertiary alicyclic amines) is 1. The van der Waals surface area contributed by atoms with Crippen LogP contribution < -0.4 is 9.47 Å². The lowest BCUT2D eigenvalue weighted by molar-refractivity contribution is 0.0620. The van der Waals surface area contributed by atoms with Crippen molar-refractivity contribution >= 4 is 5.91 Å². The van der Waals surface area contributed by atoms with E-state index < -0.39 is 0 Å². The van der Waals surface area contributed by atoms with Gasteiger partial charge < -0.3 is 19.5 Å². The zero-order valence-corrected chi connectivity index (χ0v) is 12.7. The Morgan fingerprint density at radius 1 is 1.43 bits per heavy atom. The molecule has 1 unspecified atom stereocenters. The van der Waals surface area contributed by atoms with Gasteiger partial charge in [0.1, 0.15) is 0 Å². The van der Waals surface area contributed by atoms with Gasteiger partial charge in [0, 0.05) is 25.3 Å². The molecule has 5 nitrogen and oxygen atoms in total. The molecule has 21 heavy (non-hydrogen) atoms. The van der Waals surface area contributed by atoms with Gasteiger partial charge in [0.05, 0.1) is 13.7 Å². The predicted molar refractivity (Wildman–Crippen MR) is 79.9 cm³/mol. The molecule has 1 amide bonds. The van der Waals surface area contributed by atoms with Gasteiger partial charge in [-0.25, -0.2) is 0 Å². The van der Waals surface area contributed by atoms with Gasteiger partial charge in [-0.05, 0) is 43.9 Å². The van der Waals surface area contributed by atoms with Crippen LogP contribution in [0, 0.1) is 5.92 Å². The fourth-order valence-electron chi connectivity index (χ4n) is 2.66. The number of ether oxygens (including phenoxy) is 2. The van der Waals surface area contributed by atoms with E-state index in [0.717, 1.165) is 19.4 Å². The molecule has 0 bridgehead atoms. The quantitative estimate of drug-likeness (QED) is 0.901. The minimum Gasteiger partial charge on any atom is -0.493 e. The summed E-state index contributed by atoms with van der Waals surface area (Å²) in [5.74, 6) is 1.38. The summed E-state index contributed by atoms with van der Waals surface area (Å²) in [7, 11) is 1.56. The number of amides is 1. The third-order valence-corrected chi connectivity index (χ3v) is 3.77. The second-order valence-electron chi connectivity index (χ2n) is 5.24. The van der Waals surface area contributed by atoms with E-state index in [2.05, 4.69) is 0 Å². The van der Waals surface area contributed by atoms with Gasteiger partial charge in [-0.2, -0.15) is 0 Å². The fraction of sp³-hybridized carbons (Fsp3) is 0.562. The minimum atomic E-state index is -0.0190. The number of carbonyl (C=O) groups is 1. The molecular formula is C16H23NO4. The third kappa shape index (κ3) is 3.67. The van der Waals surface area contributed by atoms with Crippen LogP contribution in [-0.2, 0) is 0 Å². The Balaban J connectivity index is 2.15. The number of hydrogen-bond acceptors (Lipinski definition) is 4. The van der Waals surface area contributed by atoms with Crippen molar-refractivity contribution in [3.8, 4) is 11.5 Å². The maximum absolute atomic E-state index is 12.5. The first-order valence-electron chi connectivity index (χ1n) is 7.40. The Bertz CT molecular complexity index is 489. The molecule has 0 aliphatic carbocycles. The number of hydrogen-bond donors (Lipinski definition) is 1. The molecule has 1 aromatic rings. The number of piperidine rings is 1. The van der Waals surface area contributed by atoms with Crippen molar-refractivity contribution in [1.29, 1.82) is 0 Å². The smallest absolute Gasteiger partial charge is 0.254 e. The molecule has 0 aromatic heterocycles. The molecule has 2 rings (SSSR count). The molecule has 5 heteroatoms. The van der Waals surface area contributed by atoms with Crippen molar-refractivity contribution < 1.29 is 19.4 Å². The van der Waals surface area contributed by atoms with Crippen molar-refractivity contribution in [1.82, 2.24) is 4.90 Å². The fourth-order valence-corrected chi connectivity index (χ4v) is 2.66. The molecule has 1 heterocycles. The maximum atomic E-state index is 12.5. The Labute approximate surface area is 125 Å². The lowest BCUT2D eigenvalue weighted by Gasteiger charge is -2.32.